The van der Waals surface area contributed by atoms with Crippen molar-refractivity contribution in [1.29, 1.82) is 0 Å². The Balaban J connectivity index is 1.60. The Morgan fingerprint density at radius 1 is 1.03 bits per heavy atom. The fourth-order valence-electron chi connectivity index (χ4n) is 5.96. The maximum Gasteiger partial charge on any atom is 0.253 e. The number of sulfone groups is 1. The predicted octanol–water partition coefficient (Wildman–Crippen LogP) is 3.97. The number of likely N-dealkylation sites (tertiary alicyclic amines) is 1. The lowest BCUT2D eigenvalue weighted by molar-refractivity contribution is -0.128. The molecule has 1 fully saturated rings. The first kappa shape index (κ1) is 20.0. The fourth-order valence-corrected chi connectivity index (χ4v) is 8.37. The molecule has 0 aliphatic carbocycles. The number of likely N-dealkylation sites (N-methyl/N-ethyl adjacent to an activating group) is 1. The molecule has 1 saturated heterocycles. The van der Waals surface area contributed by atoms with Gasteiger partial charge in [-0.15, -0.1) is 0 Å². The SMILES string of the molecule is CN1C[C@@H]2[C@@H](c3ccccc3S2(=O)=O)[C@]12C(=O)N(Cc1ccccc1)c1ccc(Cl)cc12. The Morgan fingerprint density at radius 3 is 2.53 bits per heavy atom. The van der Waals surface area contributed by atoms with Crippen LogP contribution in [-0.2, 0) is 26.7 Å². The van der Waals surface area contributed by atoms with Gasteiger partial charge in [0.2, 0.25) is 0 Å². The van der Waals surface area contributed by atoms with Crippen molar-refractivity contribution in [3.63, 3.8) is 0 Å². The summed E-state index contributed by atoms with van der Waals surface area (Å²) in [6.07, 6.45) is 0. The highest BCUT2D eigenvalue weighted by molar-refractivity contribution is 7.92. The Hall–Kier alpha value is -2.67. The van der Waals surface area contributed by atoms with Crippen LogP contribution in [0.25, 0.3) is 0 Å². The number of hydrogen-bond acceptors (Lipinski definition) is 4. The van der Waals surface area contributed by atoms with Crippen molar-refractivity contribution in [3.8, 4) is 0 Å². The lowest BCUT2D eigenvalue weighted by Crippen LogP contribution is -2.50. The van der Waals surface area contributed by atoms with E-state index in [-0.39, 0.29) is 5.91 Å². The van der Waals surface area contributed by atoms with Gasteiger partial charge in [0, 0.05) is 28.7 Å². The summed E-state index contributed by atoms with van der Waals surface area (Å²) in [6, 6.07) is 22.4. The minimum atomic E-state index is -3.54. The molecule has 7 heteroatoms. The summed E-state index contributed by atoms with van der Waals surface area (Å²) in [5.41, 5.74) is 2.20. The Labute approximate surface area is 192 Å². The molecule has 0 N–H and O–H groups in total. The zero-order valence-electron chi connectivity index (χ0n) is 17.4. The number of fused-ring (bicyclic) bond motifs is 6. The van der Waals surface area contributed by atoms with Gasteiger partial charge in [-0.1, -0.05) is 60.1 Å². The molecule has 3 heterocycles. The normalized spacial score (nSPS) is 27.6. The molecule has 0 unspecified atom stereocenters. The van der Waals surface area contributed by atoms with Crippen LogP contribution in [0, 0.1) is 0 Å². The van der Waals surface area contributed by atoms with Crippen molar-refractivity contribution in [2.75, 3.05) is 18.5 Å². The minimum Gasteiger partial charge on any atom is -0.306 e. The average Bonchev–Trinajstić information content (AvgIpc) is 3.31. The highest BCUT2D eigenvalue weighted by atomic mass is 35.5. The van der Waals surface area contributed by atoms with Crippen LogP contribution in [0.4, 0.5) is 5.69 Å². The average molecular weight is 465 g/mol. The van der Waals surface area contributed by atoms with Gasteiger partial charge in [-0.25, -0.2) is 8.42 Å². The molecule has 0 radical (unpaired) electrons. The first-order valence-corrected chi connectivity index (χ1v) is 12.5. The summed E-state index contributed by atoms with van der Waals surface area (Å²) >= 11 is 6.42. The molecule has 3 atom stereocenters. The topological polar surface area (TPSA) is 57.7 Å². The molecular weight excluding hydrogens is 444 g/mol. The third-order valence-corrected chi connectivity index (χ3v) is 9.69. The maximum atomic E-state index is 14.3. The molecule has 6 rings (SSSR count). The fraction of sp³-hybridized carbons (Fsp3) is 0.240. The van der Waals surface area contributed by atoms with Gasteiger partial charge in [0.25, 0.3) is 5.91 Å². The third-order valence-electron chi connectivity index (χ3n) is 7.25. The van der Waals surface area contributed by atoms with Gasteiger partial charge in [-0.05, 0) is 42.4 Å². The predicted molar refractivity (Wildman–Crippen MR) is 124 cm³/mol. The van der Waals surface area contributed by atoms with Crippen LogP contribution >= 0.6 is 11.6 Å². The molecule has 1 spiro atoms. The van der Waals surface area contributed by atoms with Crippen LogP contribution in [-0.4, -0.2) is 38.1 Å². The zero-order valence-corrected chi connectivity index (χ0v) is 19.0. The summed E-state index contributed by atoms with van der Waals surface area (Å²) in [6.45, 7) is 0.703. The number of carbonyl (C=O) groups excluding carboxylic acids is 1. The third kappa shape index (κ3) is 2.37. The summed E-state index contributed by atoms with van der Waals surface area (Å²) < 4.78 is 26.9. The van der Waals surface area contributed by atoms with Gasteiger partial charge < -0.3 is 4.90 Å². The van der Waals surface area contributed by atoms with E-state index in [4.69, 9.17) is 11.6 Å². The highest BCUT2D eigenvalue weighted by Gasteiger charge is 2.69. The van der Waals surface area contributed by atoms with Gasteiger partial charge in [0.1, 0.15) is 5.54 Å². The highest BCUT2D eigenvalue weighted by Crippen LogP contribution is 2.61. The van der Waals surface area contributed by atoms with E-state index in [0.29, 0.717) is 23.0 Å². The van der Waals surface area contributed by atoms with Gasteiger partial charge in [0.15, 0.2) is 9.84 Å². The second kappa shape index (κ2) is 6.67. The standard InChI is InChI=1S/C25H21ClN2O3S/c1-27-15-22-23(18-9-5-6-10-21(18)32(22,30)31)25(27)19-13-17(26)11-12-20(19)28(24(25)29)14-16-7-3-2-4-8-16/h2-13,22-23H,14-15H2,1H3/t22-,23-,25-/m1/s1. The Kier molecular flexibility index (Phi) is 4.16. The van der Waals surface area contributed by atoms with Crippen LogP contribution in [0.2, 0.25) is 5.02 Å². The van der Waals surface area contributed by atoms with Crippen molar-refractivity contribution >= 4 is 33.0 Å². The summed E-state index contributed by atoms with van der Waals surface area (Å²) in [5, 5.41) is -0.138. The number of nitrogens with zero attached hydrogens (tertiary/aromatic N) is 2. The van der Waals surface area contributed by atoms with E-state index >= 15 is 0 Å². The van der Waals surface area contributed by atoms with Crippen LogP contribution in [0.5, 0.6) is 0 Å². The van der Waals surface area contributed by atoms with Crippen LogP contribution < -0.4 is 4.90 Å². The van der Waals surface area contributed by atoms with Crippen molar-refractivity contribution in [3.05, 3.63) is 94.5 Å². The number of halogens is 1. The monoisotopic (exact) mass is 464 g/mol. The van der Waals surface area contributed by atoms with Crippen LogP contribution in [0.1, 0.15) is 22.6 Å². The quantitative estimate of drug-likeness (QED) is 0.576. The van der Waals surface area contributed by atoms with Gasteiger partial charge in [0.05, 0.1) is 16.7 Å². The lowest BCUT2D eigenvalue weighted by Gasteiger charge is -2.36. The summed E-state index contributed by atoms with van der Waals surface area (Å²) in [4.78, 5) is 18.4. The molecule has 32 heavy (non-hydrogen) atoms. The number of benzene rings is 3. The summed E-state index contributed by atoms with van der Waals surface area (Å²) in [7, 11) is -1.69. The van der Waals surface area contributed by atoms with E-state index in [9.17, 15) is 13.2 Å². The van der Waals surface area contributed by atoms with E-state index in [1.54, 1.807) is 23.1 Å². The molecule has 1 amide bonds. The molecular formula is C25H21ClN2O3S. The van der Waals surface area contributed by atoms with Crippen molar-refractivity contribution in [2.24, 2.45) is 0 Å². The van der Waals surface area contributed by atoms with E-state index in [1.165, 1.54) is 0 Å². The van der Waals surface area contributed by atoms with E-state index < -0.39 is 26.5 Å². The number of carbonyl (C=O) groups is 1. The largest absolute Gasteiger partial charge is 0.306 e. The van der Waals surface area contributed by atoms with Gasteiger partial charge in [-0.2, -0.15) is 0 Å². The van der Waals surface area contributed by atoms with Crippen LogP contribution in [0.3, 0.4) is 0 Å². The molecule has 3 aliphatic rings. The van der Waals surface area contributed by atoms with Gasteiger partial charge in [-0.3, -0.25) is 9.69 Å². The first-order valence-electron chi connectivity index (χ1n) is 10.6. The summed E-state index contributed by atoms with van der Waals surface area (Å²) in [5.74, 6) is -0.584. The molecule has 0 saturated carbocycles. The number of hydrogen-bond donors (Lipinski definition) is 0. The van der Waals surface area contributed by atoms with Crippen molar-refractivity contribution < 1.29 is 13.2 Å². The second-order valence-corrected chi connectivity index (χ2v) is 11.4. The van der Waals surface area contributed by atoms with E-state index in [1.807, 2.05) is 66.5 Å². The number of anilines is 1. The second-order valence-electron chi connectivity index (χ2n) is 8.78. The van der Waals surface area contributed by atoms with E-state index in [0.717, 1.165) is 22.4 Å². The lowest BCUT2D eigenvalue weighted by atomic mass is 9.76. The Morgan fingerprint density at radius 2 is 1.75 bits per heavy atom. The molecule has 3 aromatic carbocycles. The van der Waals surface area contributed by atoms with Gasteiger partial charge >= 0.3 is 0 Å². The molecule has 3 aliphatic heterocycles. The smallest absolute Gasteiger partial charge is 0.253 e. The van der Waals surface area contributed by atoms with E-state index in [2.05, 4.69) is 0 Å². The maximum absolute atomic E-state index is 14.3. The van der Waals surface area contributed by atoms with Crippen LogP contribution in [0.15, 0.2) is 77.7 Å². The first-order chi connectivity index (χ1) is 15.4. The van der Waals surface area contributed by atoms with Crippen molar-refractivity contribution in [1.82, 2.24) is 4.90 Å². The Bertz CT molecular complexity index is 1370. The minimum absolute atomic E-state index is 0.0967. The zero-order chi connectivity index (χ0) is 22.3. The number of amides is 1. The molecule has 5 nitrogen and oxygen atoms in total. The molecule has 0 aromatic heterocycles. The number of rotatable bonds is 2. The molecule has 0 bridgehead atoms. The van der Waals surface area contributed by atoms with Crippen molar-refractivity contribution in [2.45, 2.75) is 28.1 Å². The molecule has 162 valence electrons. The molecule has 3 aromatic rings.